The highest BCUT2D eigenvalue weighted by Crippen LogP contribution is 2.50. The van der Waals surface area contributed by atoms with Crippen molar-refractivity contribution in [2.45, 2.75) is 50.9 Å². The molecule has 0 bridgehead atoms. The number of ether oxygens (including phenoxy) is 1. The number of anilines is 1. The Morgan fingerprint density at radius 3 is 2.66 bits per heavy atom. The van der Waals surface area contributed by atoms with Crippen LogP contribution in [0, 0.1) is 10.1 Å². The van der Waals surface area contributed by atoms with Gasteiger partial charge < -0.3 is 9.64 Å². The van der Waals surface area contributed by atoms with Gasteiger partial charge in [0.15, 0.2) is 5.60 Å². The van der Waals surface area contributed by atoms with Crippen molar-refractivity contribution in [3.63, 3.8) is 0 Å². The fourth-order valence-corrected chi connectivity index (χ4v) is 4.30. The Bertz CT molecular complexity index is 974. The van der Waals surface area contributed by atoms with Crippen LogP contribution in [-0.4, -0.2) is 22.7 Å². The molecule has 4 rings (SSSR count). The van der Waals surface area contributed by atoms with E-state index < -0.39 is 10.5 Å². The Balaban J connectivity index is 1.82. The van der Waals surface area contributed by atoms with Gasteiger partial charge in [-0.15, -0.1) is 0 Å². The Morgan fingerprint density at radius 2 is 1.97 bits per heavy atom. The van der Waals surface area contributed by atoms with E-state index in [2.05, 4.69) is 0 Å². The van der Waals surface area contributed by atoms with Crippen molar-refractivity contribution in [3.05, 3.63) is 69.8 Å². The average molecular weight is 394 g/mol. The summed E-state index contributed by atoms with van der Waals surface area (Å²) in [7, 11) is 0. The number of hydrogen-bond donors (Lipinski definition) is 0. The number of fused-ring (bicyclic) bond motifs is 2. The molecule has 0 saturated carbocycles. The predicted octanol–water partition coefficient (Wildman–Crippen LogP) is 3.89. The topological polar surface area (TPSA) is 89.8 Å². The van der Waals surface area contributed by atoms with Crippen molar-refractivity contribution < 1.29 is 19.2 Å². The fourth-order valence-electron chi connectivity index (χ4n) is 4.30. The quantitative estimate of drug-likeness (QED) is 0.567. The monoisotopic (exact) mass is 394 g/mol. The molecule has 7 heteroatoms. The number of Topliss-reactive ketones (excluding diaryl/α,β-unsaturated/α-hetero) is 1. The van der Waals surface area contributed by atoms with Crippen LogP contribution in [0.25, 0.3) is 0 Å². The van der Waals surface area contributed by atoms with E-state index in [0.29, 0.717) is 24.2 Å². The average Bonchev–Trinajstić information content (AvgIpc) is 2.90. The van der Waals surface area contributed by atoms with E-state index >= 15 is 0 Å². The molecular weight excluding hydrogens is 372 g/mol. The summed E-state index contributed by atoms with van der Waals surface area (Å²) in [4.78, 5) is 38.6. The molecule has 0 radical (unpaired) electrons. The molecule has 0 aromatic heterocycles. The van der Waals surface area contributed by atoms with Crippen LogP contribution in [0.2, 0.25) is 0 Å². The van der Waals surface area contributed by atoms with E-state index in [-0.39, 0.29) is 36.3 Å². The molecule has 150 valence electrons. The van der Waals surface area contributed by atoms with Gasteiger partial charge in [0.25, 0.3) is 11.6 Å². The van der Waals surface area contributed by atoms with Gasteiger partial charge in [-0.05, 0) is 18.1 Å². The summed E-state index contributed by atoms with van der Waals surface area (Å²) in [5, 5.41) is 11.4. The minimum absolute atomic E-state index is 0.0536. The maximum atomic E-state index is 13.6. The highest BCUT2D eigenvalue weighted by molar-refractivity contribution is 6.09. The lowest BCUT2D eigenvalue weighted by atomic mass is 9.84. The minimum atomic E-state index is -1.48. The summed E-state index contributed by atoms with van der Waals surface area (Å²) >= 11 is 0. The molecule has 2 aromatic rings. The molecular formula is C22H22N2O5. The smallest absolute Gasteiger partial charge is 0.269 e. The molecule has 0 unspecified atom stereocenters. The summed E-state index contributed by atoms with van der Waals surface area (Å²) in [6.45, 7) is 2.30. The van der Waals surface area contributed by atoms with Crippen molar-refractivity contribution in [1.29, 1.82) is 0 Å². The first kappa shape index (κ1) is 19.3. The van der Waals surface area contributed by atoms with E-state index in [0.717, 1.165) is 12.0 Å². The van der Waals surface area contributed by atoms with E-state index in [9.17, 15) is 19.7 Å². The highest BCUT2D eigenvalue weighted by Gasteiger charge is 2.56. The first-order chi connectivity index (χ1) is 13.9. The molecule has 2 aliphatic heterocycles. The number of benzene rings is 2. The Kier molecular flexibility index (Phi) is 4.92. The van der Waals surface area contributed by atoms with E-state index in [1.54, 1.807) is 11.0 Å². The van der Waals surface area contributed by atoms with E-state index in [4.69, 9.17) is 4.74 Å². The maximum Gasteiger partial charge on any atom is 0.269 e. The number of non-ortho nitro benzene ring substituents is 1. The van der Waals surface area contributed by atoms with Crippen LogP contribution in [0.4, 0.5) is 11.4 Å². The predicted molar refractivity (Wildman–Crippen MR) is 106 cm³/mol. The fraction of sp³-hybridized carbons (Fsp3) is 0.364. The summed E-state index contributed by atoms with van der Waals surface area (Å²) in [5.74, 6) is -0.381. The van der Waals surface area contributed by atoms with Crippen LogP contribution in [0.1, 0.15) is 43.7 Å². The summed E-state index contributed by atoms with van der Waals surface area (Å²) in [5.41, 5.74) is 0.308. The lowest BCUT2D eigenvalue weighted by molar-refractivity contribution is -0.385. The Hall–Kier alpha value is -3.06. The van der Waals surface area contributed by atoms with Crippen molar-refractivity contribution in [2.75, 3.05) is 4.90 Å². The van der Waals surface area contributed by atoms with Gasteiger partial charge in [-0.2, -0.15) is 0 Å². The van der Waals surface area contributed by atoms with Gasteiger partial charge in [0, 0.05) is 30.5 Å². The first-order valence-corrected chi connectivity index (χ1v) is 9.79. The normalized spacial score (nSPS) is 23.5. The standard InChI is InChI=1S/C22H22N2O5/c1-2-6-18-12-17(25)13-22(29-18)19-11-16(24(27)28)9-10-20(19)23(21(22)26)14-15-7-4-3-5-8-15/h3-5,7-11,18H,2,6,12-14H2,1H3/t18-,22-/m1/s1. The van der Waals surface area contributed by atoms with Crippen molar-refractivity contribution in [3.8, 4) is 0 Å². The van der Waals surface area contributed by atoms with Crippen molar-refractivity contribution >= 4 is 23.1 Å². The summed E-state index contributed by atoms with van der Waals surface area (Å²) < 4.78 is 6.25. The second-order valence-corrected chi connectivity index (χ2v) is 7.61. The van der Waals surface area contributed by atoms with Crippen LogP contribution in [-0.2, 0) is 26.5 Å². The maximum absolute atomic E-state index is 13.6. The van der Waals surface area contributed by atoms with Crippen LogP contribution in [0.15, 0.2) is 48.5 Å². The molecule has 7 nitrogen and oxygen atoms in total. The number of carbonyl (C=O) groups is 2. The van der Waals surface area contributed by atoms with Gasteiger partial charge >= 0.3 is 0 Å². The SMILES string of the molecule is CCC[C@@H]1CC(=O)C[C@]2(O1)C(=O)N(Cc1ccccc1)c1ccc([N+](=O)[O-])cc12. The van der Waals surface area contributed by atoms with Crippen LogP contribution in [0.5, 0.6) is 0 Å². The lowest BCUT2D eigenvalue weighted by Crippen LogP contribution is -2.49. The number of ketones is 1. The van der Waals surface area contributed by atoms with Gasteiger partial charge in [0.2, 0.25) is 0 Å². The molecule has 2 atom stereocenters. The number of amides is 1. The number of hydrogen-bond acceptors (Lipinski definition) is 5. The molecule has 1 fully saturated rings. The largest absolute Gasteiger partial charge is 0.356 e. The molecule has 0 aliphatic carbocycles. The van der Waals surface area contributed by atoms with Gasteiger partial charge in [-0.3, -0.25) is 19.7 Å². The molecule has 0 N–H and O–H groups in total. The van der Waals surface area contributed by atoms with Gasteiger partial charge in [-0.25, -0.2) is 0 Å². The second kappa shape index (κ2) is 7.40. The Labute approximate surface area is 168 Å². The second-order valence-electron chi connectivity index (χ2n) is 7.61. The molecule has 1 saturated heterocycles. The van der Waals surface area contributed by atoms with Crippen LogP contribution < -0.4 is 4.90 Å². The Morgan fingerprint density at radius 1 is 1.21 bits per heavy atom. The molecule has 2 heterocycles. The van der Waals surface area contributed by atoms with Gasteiger partial charge in [-0.1, -0.05) is 43.7 Å². The van der Waals surface area contributed by atoms with Crippen molar-refractivity contribution in [1.82, 2.24) is 0 Å². The van der Waals surface area contributed by atoms with E-state index in [1.165, 1.54) is 12.1 Å². The molecule has 2 aromatic carbocycles. The molecule has 29 heavy (non-hydrogen) atoms. The molecule has 2 aliphatic rings. The number of rotatable bonds is 5. The molecule has 1 amide bonds. The van der Waals surface area contributed by atoms with Gasteiger partial charge in [0.1, 0.15) is 5.78 Å². The lowest BCUT2D eigenvalue weighted by Gasteiger charge is -2.37. The van der Waals surface area contributed by atoms with E-state index in [1.807, 2.05) is 37.3 Å². The zero-order valence-electron chi connectivity index (χ0n) is 16.2. The summed E-state index contributed by atoms with van der Waals surface area (Å²) in [6.07, 6.45) is 1.28. The van der Waals surface area contributed by atoms with Crippen molar-refractivity contribution in [2.24, 2.45) is 0 Å². The van der Waals surface area contributed by atoms with Crippen LogP contribution >= 0.6 is 0 Å². The summed E-state index contributed by atoms with van der Waals surface area (Å²) in [6, 6.07) is 13.9. The van der Waals surface area contributed by atoms with Crippen LogP contribution in [0.3, 0.4) is 0 Å². The minimum Gasteiger partial charge on any atom is -0.356 e. The zero-order chi connectivity index (χ0) is 20.6. The third-order valence-corrected chi connectivity index (χ3v) is 5.57. The number of carbonyl (C=O) groups excluding carboxylic acids is 2. The molecule has 1 spiro atoms. The number of nitro groups is 1. The number of nitrogens with zero attached hydrogens (tertiary/aromatic N) is 2. The zero-order valence-corrected chi connectivity index (χ0v) is 16.2. The first-order valence-electron chi connectivity index (χ1n) is 9.79. The highest BCUT2D eigenvalue weighted by atomic mass is 16.6. The third kappa shape index (κ3) is 3.31. The number of nitro benzene ring substituents is 1. The third-order valence-electron chi connectivity index (χ3n) is 5.57. The van der Waals surface area contributed by atoms with Gasteiger partial charge in [0.05, 0.1) is 23.3 Å².